The molecule has 0 aromatic rings. The van der Waals surface area contributed by atoms with Gasteiger partial charge in [0.15, 0.2) is 0 Å². The first-order valence-corrected chi connectivity index (χ1v) is 5.54. The zero-order chi connectivity index (χ0) is 11.0. The average Bonchev–Trinajstić information content (AvgIpc) is 2.17. The molecule has 4 heteroatoms. The maximum atomic E-state index is 11.5. The van der Waals surface area contributed by atoms with E-state index in [-0.39, 0.29) is 17.9 Å². The summed E-state index contributed by atoms with van der Waals surface area (Å²) >= 11 is 5.62. The second-order valence-electron chi connectivity index (χ2n) is 3.45. The molecule has 2 atom stereocenters. The van der Waals surface area contributed by atoms with Crippen LogP contribution in [0.4, 0.5) is 0 Å². The van der Waals surface area contributed by atoms with Crippen molar-refractivity contribution in [2.45, 2.75) is 32.7 Å². The number of amides is 1. The van der Waals surface area contributed by atoms with E-state index in [4.69, 9.17) is 16.3 Å². The fourth-order valence-corrected chi connectivity index (χ4v) is 1.32. The summed E-state index contributed by atoms with van der Waals surface area (Å²) in [5.74, 6) is 0.679. The van der Waals surface area contributed by atoms with E-state index < -0.39 is 0 Å². The molecule has 3 nitrogen and oxygen atoms in total. The van der Waals surface area contributed by atoms with Gasteiger partial charge in [-0.3, -0.25) is 4.79 Å². The number of halogens is 1. The van der Waals surface area contributed by atoms with Gasteiger partial charge >= 0.3 is 0 Å². The van der Waals surface area contributed by atoms with Gasteiger partial charge in [-0.2, -0.15) is 0 Å². The van der Waals surface area contributed by atoms with Gasteiger partial charge in [0.1, 0.15) is 0 Å². The van der Waals surface area contributed by atoms with E-state index in [0.29, 0.717) is 12.5 Å². The summed E-state index contributed by atoms with van der Waals surface area (Å²) in [5, 5.41) is 2.92. The van der Waals surface area contributed by atoms with Gasteiger partial charge in [-0.15, -0.1) is 11.6 Å². The third-order valence-corrected chi connectivity index (χ3v) is 2.45. The van der Waals surface area contributed by atoms with Gasteiger partial charge in [-0.25, -0.2) is 0 Å². The monoisotopic (exact) mass is 221 g/mol. The number of nitrogens with one attached hydrogen (secondary N) is 1. The van der Waals surface area contributed by atoms with Crippen LogP contribution < -0.4 is 5.32 Å². The van der Waals surface area contributed by atoms with Gasteiger partial charge in [0.2, 0.25) is 5.91 Å². The van der Waals surface area contributed by atoms with Crippen LogP contribution in [0.15, 0.2) is 0 Å². The Morgan fingerprint density at radius 1 is 1.57 bits per heavy atom. The molecule has 84 valence electrons. The SMILES string of the molecule is CCC(C)C(=O)NC(CCCl)COC. The van der Waals surface area contributed by atoms with E-state index in [0.717, 1.165) is 12.8 Å². The molecule has 0 fully saturated rings. The number of hydrogen-bond donors (Lipinski definition) is 1. The number of ether oxygens (including phenoxy) is 1. The lowest BCUT2D eigenvalue weighted by Gasteiger charge is -2.18. The highest BCUT2D eigenvalue weighted by Crippen LogP contribution is 2.03. The highest BCUT2D eigenvalue weighted by Gasteiger charge is 2.15. The van der Waals surface area contributed by atoms with Crippen LogP contribution in [-0.2, 0) is 9.53 Å². The molecule has 0 saturated heterocycles. The Hall–Kier alpha value is -0.280. The maximum Gasteiger partial charge on any atom is 0.223 e. The Bertz CT molecular complexity index is 158. The predicted molar refractivity (Wildman–Crippen MR) is 58.6 cm³/mol. The van der Waals surface area contributed by atoms with Crippen molar-refractivity contribution in [2.75, 3.05) is 19.6 Å². The highest BCUT2D eigenvalue weighted by molar-refractivity contribution is 6.17. The molecule has 1 N–H and O–H groups in total. The van der Waals surface area contributed by atoms with Crippen LogP contribution in [0.2, 0.25) is 0 Å². The van der Waals surface area contributed by atoms with Crippen molar-refractivity contribution >= 4 is 17.5 Å². The minimum absolute atomic E-state index is 0.0407. The summed E-state index contributed by atoms with van der Waals surface area (Å²) < 4.78 is 5.00. The van der Waals surface area contributed by atoms with Crippen LogP contribution in [0.3, 0.4) is 0 Å². The lowest BCUT2D eigenvalue weighted by molar-refractivity contribution is -0.125. The molecule has 0 bridgehead atoms. The Balaban J connectivity index is 3.94. The molecule has 0 aromatic heterocycles. The Morgan fingerprint density at radius 3 is 2.64 bits per heavy atom. The second-order valence-corrected chi connectivity index (χ2v) is 3.83. The first-order chi connectivity index (χ1) is 6.65. The minimum Gasteiger partial charge on any atom is -0.383 e. The second kappa shape index (κ2) is 8.06. The Labute approximate surface area is 91.2 Å². The summed E-state index contributed by atoms with van der Waals surface area (Å²) in [7, 11) is 1.62. The standard InChI is InChI=1S/C10H20ClNO2/c1-4-8(2)10(13)12-9(5-6-11)7-14-3/h8-9H,4-7H2,1-3H3,(H,12,13). The molecule has 0 spiro atoms. The largest absolute Gasteiger partial charge is 0.383 e. The minimum atomic E-state index is 0.0407. The van der Waals surface area contributed by atoms with Gasteiger partial charge in [0, 0.05) is 18.9 Å². The van der Waals surface area contributed by atoms with Gasteiger partial charge in [0.25, 0.3) is 0 Å². The van der Waals surface area contributed by atoms with Crippen LogP contribution in [0.1, 0.15) is 26.7 Å². The maximum absolute atomic E-state index is 11.5. The van der Waals surface area contributed by atoms with E-state index in [1.54, 1.807) is 7.11 Å². The van der Waals surface area contributed by atoms with Gasteiger partial charge in [0.05, 0.1) is 12.6 Å². The van der Waals surface area contributed by atoms with E-state index in [1.165, 1.54) is 0 Å². The topological polar surface area (TPSA) is 38.3 Å². The lowest BCUT2D eigenvalue weighted by Crippen LogP contribution is -2.40. The fraction of sp³-hybridized carbons (Fsp3) is 0.900. The van der Waals surface area contributed by atoms with Crippen molar-refractivity contribution in [3.05, 3.63) is 0 Å². The molecule has 0 aliphatic rings. The molecular weight excluding hydrogens is 202 g/mol. The molecule has 0 saturated carbocycles. The number of hydrogen-bond acceptors (Lipinski definition) is 2. The van der Waals surface area contributed by atoms with Gasteiger partial charge in [-0.1, -0.05) is 13.8 Å². The number of alkyl halides is 1. The molecule has 0 rings (SSSR count). The normalized spacial score (nSPS) is 14.9. The molecule has 1 amide bonds. The molecular formula is C10H20ClNO2. The van der Waals surface area contributed by atoms with E-state index in [1.807, 2.05) is 13.8 Å². The van der Waals surface area contributed by atoms with Crippen molar-refractivity contribution in [1.82, 2.24) is 5.32 Å². The Morgan fingerprint density at radius 2 is 2.21 bits per heavy atom. The molecule has 0 aromatic carbocycles. The van der Waals surface area contributed by atoms with Crippen LogP contribution in [-0.4, -0.2) is 31.5 Å². The van der Waals surface area contributed by atoms with Gasteiger partial charge < -0.3 is 10.1 Å². The average molecular weight is 222 g/mol. The quantitative estimate of drug-likeness (QED) is 0.666. The molecule has 0 radical (unpaired) electrons. The van der Waals surface area contributed by atoms with Crippen LogP contribution >= 0.6 is 11.6 Å². The van der Waals surface area contributed by atoms with Crippen molar-refractivity contribution in [3.8, 4) is 0 Å². The molecule has 0 aliphatic carbocycles. The highest BCUT2D eigenvalue weighted by atomic mass is 35.5. The Kier molecular flexibility index (Phi) is 7.90. The number of carbonyl (C=O) groups is 1. The summed E-state index contributed by atoms with van der Waals surface area (Å²) in [5.41, 5.74) is 0. The van der Waals surface area contributed by atoms with Crippen molar-refractivity contribution in [3.63, 3.8) is 0 Å². The van der Waals surface area contributed by atoms with E-state index in [2.05, 4.69) is 5.32 Å². The molecule has 0 heterocycles. The molecule has 2 unspecified atom stereocenters. The van der Waals surface area contributed by atoms with Crippen molar-refractivity contribution < 1.29 is 9.53 Å². The van der Waals surface area contributed by atoms with Crippen LogP contribution in [0.5, 0.6) is 0 Å². The van der Waals surface area contributed by atoms with Gasteiger partial charge in [-0.05, 0) is 12.8 Å². The van der Waals surface area contributed by atoms with Crippen LogP contribution in [0.25, 0.3) is 0 Å². The summed E-state index contributed by atoms with van der Waals surface area (Å²) in [6, 6.07) is 0.0407. The third-order valence-electron chi connectivity index (χ3n) is 2.23. The zero-order valence-electron chi connectivity index (χ0n) is 9.18. The summed E-state index contributed by atoms with van der Waals surface area (Å²) in [6.45, 7) is 4.44. The number of carbonyl (C=O) groups excluding carboxylic acids is 1. The predicted octanol–water partition coefficient (Wildman–Crippen LogP) is 1.79. The molecule has 0 aliphatic heterocycles. The zero-order valence-corrected chi connectivity index (χ0v) is 9.93. The first-order valence-electron chi connectivity index (χ1n) is 5.00. The molecule has 14 heavy (non-hydrogen) atoms. The lowest BCUT2D eigenvalue weighted by atomic mass is 10.1. The summed E-state index contributed by atoms with van der Waals surface area (Å²) in [4.78, 5) is 11.5. The van der Waals surface area contributed by atoms with Crippen LogP contribution in [0, 0.1) is 5.92 Å². The van der Waals surface area contributed by atoms with E-state index in [9.17, 15) is 4.79 Å². The van der Waals surface area contributed by atoms with Crippen molar-refractivity contribution in [1.29, 1.82) is 0 Å². The first kappa shape index (κ1) is 13.7. The smallest absolute Gasteiger partial charge is 0.223 e. The third kappa shape index (κ3) is 5.45. The number of rotatable bonds is 7. The van der Waals surface area contributed by atoms with E-state index >= 15 is 0 Å². The summed E-state index contributed by atoms with van der Waals surface area (Å²) in [6.07, 6.45) is 1.60. The number of methoxy groups -OCH3 is 1. The van der Waals surface area contributed by atoms with Crippen molar-refractivity contribution in [2.24, 2.45) is 5.92 Å². The fourth-order valence-electron chi connectivity index (χ4n) is 1.06.